The fourth-order valence-corrected chi connectivity index (χ4v) is 3.97. The highest BCUT2D eigenvalue weighted by Crippen LogP contribution is 2.42. The highest BCUT2D eigenvalue weighted by molar-refractivity contribution is 6.46. The summed E-state index contributed by atoms with van der Waals surface area (Å²) >= 11 is 0. The lowest BCUT2D eigenvalue weighted by Crippen LogP contribution is -2.30. The van der Waals surface area contributed by atoms with Gasteiger partial charge in [-0.2, -0.15) is 0 Å². The Labute approximate surface area is 189 Å². The summed E-state index contributed by atoms with van der Waals surface area (Å²) in [5.74, 6) is -0.451. The topological polar surface area (TPSA) is 76.1 Å². The maximum absolute atomic E-state index is 13.1. The number of hydrogen-bond acceptors (Lipinski definition) is 5. The van der Waals surface area contributed by atoms with E-state index in [2.05, 4.69) is 0 Å². The first kappa shape index (κ1) is 23.4. The van der Waals surface area contributed by atoms with Crippen molar-refractivity contribution in [2.24, 2.45) is 0 Å². The molecule has 3 rings (SSSR count). The summed E-state index contributed by atoms with van der Waals surface area (Å²) < 4.78 is 11.2. The first-order chi connectivity index (χ1) is 15.3. The Hall–Kier alpha value is -3.28. The molecule has 32 heavy (non-hydrogen) atoms. The van der Waals surface area contributed by atoms with Gasteiger partial charge in [-0.3, -0.25) is 9.59 Å². The van der Waals surface area contributed by atoms with Crippen molar-refractivity contribution in [1.29, 1.82) is 0 Å². The molecule has 1 fully saturated rings. The fraction of sp³-hybridized carbons (Fsp3) is 0.385. The number of nitrogens with zero attached hydrogens (tertiary/aromatic N) is 1. The Bertz CT molecular complexity index is 1040. The van der Waals surface area contributed by atoms with E-state index in [0.29, 0.717) is 29.2 Å². The lowest BCUT2D eigenvalue weighted by molar-refractivity contribution is -0.139. The third kappa shape index (κ3) is 4.64. The largest absolute Gasteiger partial charge is 0.507 e. The summed E-state index contributed by atoms with van der Waals surface area (Å²) in [6, 6.07) is 12.0. The zero-order valence-corrected chi connectivity index (χ0v) is 19.3. The van der Waals surface area contributed by atoms with Gasteiger partial charge in [-0.1, -0.05) is 37.1 Å². The number of hydrogen-bond donors (Lipinski definition) is 1. The van der Waals surface area contributed by atoms with Crippen molar-refractivity contribution in [2.75, 3.05) is 13.7 Å². The molecule has 2 aromatic rings. The molecule has 1 aliphatic rings. The second-order valence-electron chi connectivity index (χ2n) is 8.29. The first-order valence-corrected chi connectivity index (χ1v) is 11.0. The van der Waals surface area contributed by atoms with Gasteiger partial charge in [-0.25, -0.2) is 0 Å². The number of likely N-dealkylation sites (tertiary alicyclic amines) is 1. The highest BCUT2D eigenvalue weighted by atomic mass is 16.5. The van der Waals surface area contributed by atoms with Gasteiger partial charge in [0.25, 0.3) is 11.7 Å². The van der Waals surface area contributed by atoms with E-state index >= 15 is 0 Å². The standard InChI is InChI=1S/C26H31NO5/c1-6-7-13-27-23(18-9-8-10-19(15-18)32-16(2)3)22(25(29)26(27)30)24(28)20-14-17(4)11-12-21(20)31-5/h8-12,14-16,23,28H,6-7,13H2,1-5H3/b24-22+. The van der Waals surface area contributed by atoms with Gasteiger partial charge in [-0.05, 0) is 57.0 Å². The number of unbranched alkanes of at least 4 members (excludes halogenated alkanes) is 1. The molecule has 2 aromatic carbocycles. The van der Waals surface area contributed by atoms with Gasteiger partial charge in [0, 0.05) is 6.54 Å². The molecule has 0 radical (unpaired) electrons. The molecule has 6 heteroatoms. The molecule has 1 amide bonds. The predicted molar refractivity (Wildman–Crippen MR) is 124 cm³/mol. The molecule has 0 saturated carbocycles. The predicted octanol–water partition coefficient (Wildman–Crippen LogP) is 5.01. The lowest BCUT2D eigenvalue weighted by atomic mass is 9.94. The Morgan fingerprint density at radius 2 is 1.91 bits per heavy atom. The first-order valence-electron chi connectivity index (χ1n) is 11.0. The third-order valence-corrected chi connectivity index (χ3v) is 5.45. The zero-order valence-electron chi connectivity index (χ0n) is 19.3. The van der Waals surface area contributed by atoms with Crippen molar-refractivity contribution in [3.8, 4) is 11.5 Å². The minimum Gasteiger partial charge on any atom is -0.507 e. The molecular weight excluding hydrogens is 406 g/mol. The summed E-state index contributed by atoms with van der Waals surface area (Å²) in [4.78, 5) is 27.7. The van der Waals surface area contributed by atoms with Crippen LogP contribution < -0.4 is 9.47 Å². The van der Waals surface area contributed by atoms with Gasteiger partial charge >= 0.3 is 0 Å². The van der Waals surface area contributed by atoms with E-state index in [0.717, 1.165) is 18.4 Å². The van der Waals surface area contributed by atoms with Gasteiger partial charge in [0.2, 0.25) is 0 Å². The second-order valence-corrected chi connectivity index (χ2v) is 8.29. The molecule has 1 N–H and O–H groups in total. The molecule has 1 atom stereocenters. The lowest BCUT2D eigenvalue weighted by Gasteiger charge is -2.26. The SMILES string of the molecule is CCCCN1C(=O)C(=O)/C(=C(/O)c2cc(C)ccc2OC)C1c1cccc(OC(C)C)c1. The van der Waals surface area contributed by atoms with Crippen LogP contribution in [0.4, 0.5) is 0 Å². The summed E-state index contributed by atoms with van der Waals surface area (Å²) in [5, 5.41) is 11.3. The highest BCUT2D eigenvalue weighted by Gasteiger charge is 2.46. The summed E-state index contributed by atoms with van der Waals surface area (Å²) in [5.41, 5.74) is 2.07. The third-order valence-electron chi connectivity index (χ3n) is 5.45. The van der Waals surface area contributed by atoms with Crippen LogP contribution in [-0.4, -0.2) is 41.5 Å². The van der Waals surface area contributed by atoms with Crippen LogP contribution in [0.25, 0.3) is 5.76 Å². The van der Waals surface area contributed by atoms with E-state index < -0.39 is 17.7 Å². The van der Waals surface area contributed by atoms with Crippen LogP contribution in [-0.2, 0) is 9.59 Å². The number of carbonyl (C=O) groups is 2. The molecule has 1 unspecified atom stereocenters. The van der Waals surface area contributed by atoms with E-state index in [9.17, 15) is 14.7 Å². The molecule has 1 saturated heterocycles. The molecule has 0 aromatic heterocycles. The molecular formula is C26H31NO5. The number of methoxy groups -OCH3 is 1. The molecule has 1 aliphatic heterocycles. The number of ether oxygens (including phenoxy) is 2. The molecule has 0 spiro atoms. The number of benzene rings is 2. The summed E-state index contributed by atoms with van der Waals surface area (Å²) in [6.07, 6.45) is 1.60. The minimum absolute atomic E-state index is 0.0201. The minimum atomic E-state index is -0.706. The average molecular weight is 438 g/mol. The van der Waals surface area contributed by atoms with Crippen LogP contribution in [0.2, 0.25) is 0 Å². The zero-order chi connectivity index (χ0) is 23.4. The molecule has 0 aliphatic carbocycles. The number of Topliss-reactive ketones (excluding diaryl/α,β-unsaturated/α-hetero) is 1. The van der Waals surface area contributed by atoms with Crippen LogP contribution in [0.1, 0.15) is 56.3 Å². The fourth-order valence-electron chi connectivity index (χ4n) is 3.97. The Kier molecular flexibility index (Phi) is 7.23. The Morgan fingerprint density at radius 1 is 1.16 bits per heavy atom. The number of carbonyl (C=O) groups excluding carboxylic acids is 2. The average Bonchev–Trinajstić information content (AvgIpc) is 3.01. The number of aryl methyl sites for hydroxylation is 1. The maximum atomic E-state index is 13.1. The normalized spacial score (nSPS) is 17.8. The van der Waals surface area contributed by atoms with E-state index in [1.54, 1.807) is 17.0 Å². The van der Waals surface area contributed by atoms with Crippen LogP contribution in [0.5, 0.6) is 11.5 Å². The van der Waals surface area contributed by atoms with E-state index in [-0.39, 0.29) is 17.4 Å². The van der Waals surface area contributed by atoms with Gasteiger partial charge in [0.05, 0.1) is 30.4 Å². The molecule has 6 nitrogen and oxygen atoms in total. The number of ketones is 1. The van der Waals surface area contributed by atoms with Gasteiger partial charge in [-0.15, -0.1) is 0 Å². The van der Waals surface area contributed by atoms with Gasteiger partial charge in [0.15, 0.2) is 0 Å². The quantitative estimate of drug-likeness (QED) is 0.357. The molecule has 170 valence electrons. The van der Waals surface area contributed by atoms with Crippen molar-refractivity contribution in [1.82, 2.24) is 4.90 Å². The molecule has 0 bridgehead atoms. The number of amides is 1. The van der Waals surface area contributed by atoms with Crippen molar-refractivity contribution >= 4 is 17.4 Å². The summed E-state index contributed by atoms with van der Waals surface area (Å²) in [7, 11) is 1.51. The maximum Gasteiger partial charge on any atom is 0.295 e. The van der Waals surface area contributed by atoms with E-state index in [1.807, 2.05) is 58.0 Å². The smallest absolute Gasteiger partial charge is 0.295 e. The monoisotopic (exact) mass is 437 g/mol. The van der Waals surface area contributed by atoms with Crippen molar-refractivity contribution < 1.29 is 24.2 Å². The van der Waals surface area contributed by atoms with Gasteiger partial charge < -0.3 is 19.5 Å². The number of rotatable bonds is 8. The Balaban J connectivity index is 2.21. The van der Waals surface area contributed by atoms with Crippen molar-refractivity contribution in [2.45, 2.75) is 52.7 Å². The Morgan fingerprint density at radius 3 is 2.56 bits per heavy atom. The van der Waals surface area contributed by atoms with Crippen LogP contribution in [0.15, 0.2) is 48.0 Å². The summed E-state index contributed by atoms with van der Waals surface area (Å²) in [6.45, 7) is 8.21. The van der Waals surface area contributed by atoms with Crippen LogP contribution in [0.3, 0.4) is 0 Å². The van der Waals surface area contributed by atoms with E-state index in [4.69, 9.17) is 9.47 Å². The van der Waals surface area contributed by atoms with Crippen LogP contribution in [0, 0.1) is 6.92 Å². The van der Waals surface area contributed by atoms with Crippen molar-refractivity contribution in [3.05, 3.63) is 64.7 Å². The van der Waals surface area contributed by atoms with Crippen LogP contribution >= 0.6 is 0 Å². The number of aliphatic hydroxyl groups excluding tert-OH is 1. The molecule has 1 heterocycles. The van der Waals surface area contributed by atoms with Crippen molar-refractivity contribution in [3.63, 3.8) is 0 Å². The second kappa shape index (κ2) is 9.90. The van der Waals surface area contributed by atoms with E-state index in [1.165, 1.54) is 7.11 Å². The van der Waals surface area contributed by atoms with Gasteiger partial charge in [0.1, 0.15) is 17.3 Å². The number of aliphatic hydroxyl groups is 1.